The van der Waals surface area contributed by atoms with Crippen LogP contribution in [0.5, 0.6) is 0 Å². The fraction of sp³-hybridized carbons (Fsp3) is 0.688. The molecule has 1 saturated heterocycles. The van der Waals surface area contributed by atoms with Gasteiger partial charge in [-0.05, 0) is 48.7 Å². The Hall–Kier alpha value is -0.620. The molecule has 124 valence electrons. The van der Waals surface area contributed by atoms with Gasteiger partial charge in [0.1, 0.15) is 0 Å². The molecule has 1 fully saturated rings. The number of likely N-dealkylation sites (tertiary alicyclic amines) is 1. The van der Waals surface area contributed by atoms with E-state index in [0.29, 0.717) is 25.0 Å². The topological polar surface area (TPSA) is 49.6 Å². The molecular weight excluding hydrogens is 318 g/mol. The maximum atomic E-state index is 12.6. The molecule has 0 aromatic carbocycles. The van der Waals surface area contributed by atoms with Crippen LogP contribution in [0.25, 0.3) is 0 Å². The first kappa shape index (κ1) is 17.7. The highest BCUT2D eigenvalue weighted by molar-refractivity contribution is 7.10. The van der Waals surface area contributed by atoms with Crippen LogP contribution >= 0.6 is 23.7 Å². The van der Waals surface area contributed by atoms with Crippen molar-refractivity contribution in [3.63, 3.8) is 0 Å². The maximum absolute atomic E-state index is 12.6. The lowest BCUT2D eigenvalue weighted by Crippen LogP contribution is -2.52. The largest absolute Gasteiger partial charge is 0.337 e. The van der Waals surface area contributed by atoms with E-state index >= 15 is 0 Å². The molecular formula is C16H26ClN3OS. The molecule has 2 atom stereocenters. The Morgan fingerprint density at radius 2 is 2.27 bits per heavy atom. The van der Waals surface area contributed by atoms with Crippen LogP contribution in [0.2, 0.25) is 0 Å². The summed E-state index contributed by atoms with van der Waals surface area (Å²) in [5.74, 6) is 0.862. The Balaban J connectivity index is 0.00000176. The molecule has 0 spiro atoms. The minimum Gasteiger partial charge on any atom is -0.337 e. The zero-order valence-electron chi connectivity index (χ0n) is 13.2. The standard InChI is InChI=1S/C16H25N3OS.ClH/c1-12-3-2-6-18(14(12)9-17)11-16(20)19-7-4-15-13(10-19)5-8-21-15;/h5,8,12,14H,2-4,6-7,9-11,17H2,1H3;1H. The highest BCUT2D eigenvalue weighted by Crippen LogP contribution is 2.25. The summed E-state index contributed by atoms with van der Waals surface area (Å²) in [6.07, 6.45) is 3.42. The van der Waals surface area contributed by atoms with Gasteiger partial charge in [-0.15, -0.1) is 23.7 Å². The molecule has 2 aliphatic heterocycles. The first-order valence-electron chi connectivity index (χ1n) is 7.96. The summed E-state index contributed by atoms with van der Waals surface area (Å²) in [6, 6.07) is 2.52. The van der Waals surface area contributed by atoms with Crippen LogP contribution in [0.4, 0.5) is 0 Å². The summed E-state index contributed by atoms with van der Waals surface area (Å²) in [4.78, 5) is 18.4. The second-order valence-corrected chi connectivity index (χ2v) is 7.33. The van der Waals surface area contributed by atoms with Gasteiger partial charge in [-0.25, -0.2) is 0 Å². The minimum atomic E-state index is 0. The number of thiophene rings is 1. The fourth-order valence-corrected chi connectivity index (χ4v) is 4.54. The van der Waals surface area contributed by atoms with Crippen molar-refractivity contribution in [3.05, 3.63) is 21.9 Å². The third-order valence-electron chi connectivity index (χ3n) is 4.97. The van der Waals surface area contributed by atoms with E-state index in [1.165, 1.54) is 23.3 Å². The molecule has 2 unspecified atom stereocenters. The first-order chi connectivity index (χ1) is 10.2. The Morgan fingerprint density at radius 1 is 1.45 bits per heavy atom. The molecule has 0 saturated carbocycles. The number of rotatable bonds is 3. The number of nitrogens with zero attached hydrogens (tertiary/aromatic N) is 2. The number of piperidine rings is 1. The van der Waals surface area contributed by atoms with E-state index in [1.807, 2.05) is 16.2 Å². The molecule has 0 aliphatic carbocycles. The maximum Gasteiger partial charge on any atom is 0.237 e. The average Bonchev–Trinajstić information content (AvgIpc) is 2.94. The second kappa shape index (κ2) is 7.77. The summed E-state index contributed by atoms with van der Waals surface area (Å²) < 4.78 is 0. The highest BCUT2D eigenvalue weighted by atomic mass is 35.5. The molecule has 3 heterocycles. The van der Waals surface area contributed by atoms with Crippen molar-refractivity contribution >= 4 is 29.7 Å². The normalized spacial score (nSPS) is 25.5. The first-order valence-corrected chi connectivity index (χ1v) is 8.84. The van der Waals surface area contributed by atoms with Crippen LogP contribution in [0.1, 0.15) is 30.2 Å². The van der Waals surface area contributed by atoms with Gasteiger partial charge in [0.15, 0.2) is 0 Å². The number of carbonyl (C=O) groups is 1. The van der Waals surface area contributed by atoms with Gasteiger partial charge in [0.2, 0.25) is 5.91 Å². The van der Waals surface area contributed by atoms with E-state index < -0.39 is 0 Å². The van der Waals surface area contributed by atoms with Gasteiger partial charge in [0.05, 0.1) is 6.54 Å². The van der Waals surface area contributed by atoms with Gasteiger partial charge >= 0.3 is 0 Å². The zero-order chi connectivity index (χ0) is 14.8. The number of hydrogen-bond donors (Lipinski definition) is 1. The van der Waals surface area contributed by atoms with Gasteiger partial charge in [0, 0.05) is 30.6 Å². The number of halogens is 1. The molecule has 0 radical (unpaired) electrons. The molecule has 1 aromatic heterocycles. The Morgan fingerprint density at radius 3 is 3.05 bits per heavy atom. The van der Waals surface area contributed by atoms with Gasteiger partial charge in [-0.1, -0.05) is 6.92 Å². The number of fused-ring (bicyclic) bond motifs is 1. The molecule has 2 N–H and O–H groups in total. The van der Waals surface area contributed by atoms with Crippen LogP contribution in [-0.4, -0.2) is 47.9 Å². The Kier molecular flexibility index (Phi) is 6.26. The lowest BCUT2D eigenvalue weighted by molar-refractivity contribution is -0.134. The van der Waals surface area contributed by atoms with Crippen molar-refractivity contribution in [2.75, 3.05) is 26.2 Å². The van der Waals surface area contributed by atoms with Crippen LogP contribution < -0.4 is 5.73 Å². The quantitative estimate of drug-likeness (QED) is 0.914. The fourth-order valence-electron chi connectivity index (χ4n) is 3.65. The predicted octanol–water partition coefficient (Wildman–Crippen LogP) is 2.11. The molecule has 0 bridgehead atoms. The van der Waals surface area contributed by atoms with Crippen molar-refractivity contribution < 1.29 is 4.79 Å². The molecule has 1 amide bonds. The van der Waals surface area contributed by atoms with Crippen molar-refractivity contribution in [2.45, 2.75) is 38.8 Å². The van der Waals surface area contributed by atoms with E-state index in [9.17, 15) is 4.79 Å². The zero-order valence-corrected chi connectivity index (χ0v) is 14.8. The summed E-state index contributed by atoms with van der Waals surface area (Å²) in [5.41, 5.74) is 7.26. The van der Waals surface area contributed by atoms with E-state index in [-0.39, 0.29) is 18.3 Å². The van der Waals surface area contributed by atoms with Crippen LogP contribution in [0, 0.1) is 5.92 Å². The van der Waals surface area contributed by atoms with E-state index in [2.05, 4.69) is 23.3 Å². The van der Waals surface area contributed by atoms with E-state index in [0.717, 1.165) is 26.1 Å². The van der Waals surface area contributed by atoms with Crippen molar-refractivity contribution in [1.29, 1.82) is 0 Å². The summed E-state index contributed by atoms with van der Waals surface area (Å²) in [5, 5.41) is 2.13. The van der Waals surface area contributed by atoms with Gasteiger partial charge in [-0.3, -0.25) is 9.69 Å². The molecule has 22 heavy (non-hydrogen) atoms. The van der Waals surface area contributed by atoms with Gasteiger partial charge in [-0.2, -0.15) is 0 Å². The summed E-state index contributed by atoms with van der Waals surface area (Å²) in [7, 11) is 0. The minimum absolute atomic E-state index is 0. The Bertz CT molecular complexity index is 507. The van der Waals surface area contributed by atoms with E-state index in [4.69, 9.17) is 5.73 Å². The lowest BCUT2D eigenvalue weighted by atomic mass is 9.91. The highest BCUT2D eigenvalue weighted by Gasteiger charge is 2.30. The van der Waals surface area contributed by atoms with Crippen LogP contribution in [-0.2, 0) is 17.8 Å². The smallest absolute Gasteiger partial charge is 0.237 e. The molecule has 3 rings (SSSR count). The number of amides is 1. The van der Waals surface area contributed by atoms with Crippen molar-refractivity contribution in [1.82, 2.24) is 9.80 Å². The summed E-state index contributed by atoms with van der Waals surface area (Å²) in [6.45, 7) is 6.11. The number of nitrogens with two attached hydrogens (primary N) is 1. The predicted molar refractivity (Wildman–Crippen MR) is 93.5 cm³/mol. The van der Waals surface area contributed by atoms with Gasteiger partial charge in [0.25, 0.3) is 0 Å². The van der Waals surface area contributed by atoms with Gasteiger partial charge < -0.3 is 10.6 Å². The molecule has 2 aliphatic rings. The van der Waals surface area contributed by atoms with Crippen LogP contribution in [0.3, 0.4) is 0 Å². The Labute approximate surface area is 143 Å². The molecule has 1 aromatic rings. The number of hydrogen-bond acceptors (Lipinski definition) is 4. The second-order valence-electron chi connectivity index (χ2n) is 6.33. The monoisotopic (exact) mass is 343 g/mol. The SMILES string of the molecule is CC1CCCN(CC(=O)N2CCc3sccc3C2)C1CN.Cl. The van der Waals surface area contributed by atoms with Crippen molar-refractivity contribution in [3.8, 4) is 0 Å². The van der Waals surface area contributed by atoms with Crippen LogP contribution in [0.15, 0.2) is 11.4 Å². The number of carbonyl (C=O) groups excluding carboxylic acids is 1. The third-order valence-corrected chi connectivity index (χ3v) is 5.99. The third kappa shape index (κ3) is 3.65. The lowest BCUT2D eigenvalue weighted by Gasteiger charge is -2.40. The molecule has 6 heteroatoms. The average molecular weight is 344 g/mol. The van der Waals surface area contributed by atoms with Crippen molar-refractivity contribution in [2.24, 2.45) is 11.7 Å². The summed E-state index contributed by atoms with van der Waals surface area (Å²) >= 11 is 1.81. The molecule has 4 nitrogen and oxygen atoms in total. The van der Waals surface area contributed by atoms with E-state index in [1.54, 1.807) is 0 Å².